The Morgan fingerprint density at radius 3 is 2.93 bits per heavy atom. The minimum atomic E-state index is -0.533. The van der Waals surface area contributed by atoms with Crippen LogP contribution in [0.2, 0.25) is 0 Å². The summed E-state index contributed by atoms with van der Waals surface area (Å²) in [5.41, 5.74) is 1.44. The Morgan fingerprint density at radius 1 is 1.47 bits per heavy atom. The van der Waals surface area contributed by atoms with Crippen molar-refractivity contribution in [3.8, 4) is 11.8 Å². The van der Waals surface area contributed by atoms with Crippen LogP contribution in [0.3, 0.4) is 0 Å². The number of aromatic nitrogens is 2. The second-order valence-electron chi connectivity index (χ2n) is 2.72. The van der Waals surface area contributed by atoms with E-state index in [1.807, 2.05) is 6.92 Å². The zero-order chi connectivity index (χ0) is 11.1. The first-order chi connectivity index (χ1) is 7.26. The van der Waals surface area contributed by atoms with Gasteiger partial charge in [-0.05, 0) is 25.3 Å². The van der Waals surface area contributed by atoms with Gasteiger partial charge in [-0.15, -0.1) is 0 Å². The average molecular weight is 204 g/mol. The first-order valence-corrected chi connectivity index (χ1v) is 4.76. The summed E-state index contributed by atoms with van der Waals surface area (Å²) in [5, 5.41) is 0. The lowest BCUT2D eigenvalue weighted by atomic mass is 10.3. The van der Waals surface area contributed by atoms with E-state index in [1.54, 1.807) is 13.0 Å². The molecule has 0 saturated carbocycles. The molecule has 4 nitrogen and oxygen atoms in total. The van der Waals surface area contributed by atoms with E-state index in [9.17, 15) is 4.79 Å². The van der Waals surface area contributed by atoms with Crippen LogP contribution in [0.15, 0.2) is 12.4 Å². The highest BCUT2D eigenvalue weighted by molar-refractivity contribution is 5.88. The van der Waals surface area contributed by atoms with Gasteiger partial charge in [-0.1, -0.05) is 6.92 Å². The number of hydrogen-bond acceptors (Lipinski definition) is 4. The molecule has 0 aliphatic rings. The largest absolute Gasteiger partial charge is 0.456 e. The van der Waals surface area contributed by atoms with Crippen LogP contribution in [-0.4, -0.2) is 22.5 Å². The predicted octanol–water partition coefficient (Wildman–Crippen LogP) is 0.954. The smallest absolute Gasteiger partial charge is 0.384 e. The van der Waals surface area contributed by atoms with Gasteiger partial charge in [0.05, 0.1) is 6.61 Å². The molecule has 0 atom stereocenters. The summed E-state index contributed by atoms with van der Waals surface area (Å²) in [4.78, 5) is 18.9. The standard InChI is InChI=1S/C11H12N2O2/c1-3-9-7-10(13-8-12-9)5-6-11(14)15-4-2/h7-8H,3-4H2,1-2H3. The number of nitrogens with zero attached hydrogens (tertiary/aromatic N) is 2. The molecule has 15 heavy (non-hydrogen) atoms. The highest BCUT2D eigenvalue weighted by Gasteiger charge is 1.95. The molecule has 1 rings (SSSR count). The topological polar surface area (TPSA) is 52.1 Å². The van der Waals surface area contributed by atoms with E-state index < -0.39 is 5.97 Å². The Hall–Kier alpha value is -1.89. The van der Waals surface area contributed by atoms with E-state index in [0.29, 0.717) is 12.3 Å². The van der Waals surface area contributed by atoms with Gasteiger partial charge >= 0.3 is 5.97 Å². The van der Waals surface area contributed by atoms with Gasteiger partial charge < -0.3 is 4.74 Å². The minimum absolute atomic E-state index is 0.331. The Labute approximate surface area is 88.7 Å². The second kappa shape index (κ2) is 5.76. The molecule has 0 unspecified atom stereocenters. The van der Waals surface area contributed by atoms with Crippen molar-refractivity contribution in [2.45, 2.75) is 20.3 Å². The van der Waals surface area contributed by atoms with Crippen LogP contribution in [0.1, 0.15) is 25.2 Å². The molecular weight excluding hydrogens is 192 g/mol. The molecule has 0 N–H and O–H groups in total. The van der Waals surface area contributed by atoms with Gasteiger partial charge in [0.25, 0.3) is 0 Å². The lowest BCUT2D eigenvalue weighted by Crippen LogP contribution is -2.00. The van der Waals surface area contributed by atoms with Crippen LogP contribution >= 0.6 is 0 Å². The third-order valence-electron chi connectivity index (χ3n) is 1.65. The second-order valence-corrected chi connectivity index (χ2v) is 2.72. The lowest BCUT2D eigenvalue weighted by Gasteiger charge is -1.94. The molecular formula is C11H12N2O2. The summed E-state index contributed by atoms with van der Waals surface area (Å²) < 4.78 is 4.66. The van der Waals surface area contributed by atoms with Gasteiger partial charge in [0, 0.05) is 11.6 Å². The SMILES string of the molecule is CCOC(=O)C#Cc1cc(CC)ncn1. The third-order valence-corrected chi connectivity index (χ3v) is 1.65. The predicted molar refractivity (Wildman–Crippen MR) is 54.9 cm³/mol. The van der Waals surface area contributed by atoms with Crippen LogP contribution in [0.4, 0.5) is 0 Å². The van der Waals surface area contributed by atoms with E-state index in [-0.39, 0.29) is 0 Å². The Morgan fingerprint density at radius 2 is 2.27 bits per heavy atom. The summed E-state index contributed by atoms with van der Waals surface area (Å²) in [5.74, 6) is 4.44. The fourth-order valence-electron chi connectivity index (χ4n) is 0.942. The molecule has 0 spiro atoms. The molecule has 0 fully saturated rings. The molecule has 1 aromatic rings. The number of rotatable bonds is 2. The molecule has 0 amide bonds. The van der Waals surface area contributed by atoms with Crippen molar-refractivity contribution in [1.82, 2.24) is 9.97 Å². The first-order valence-electron chi connectivity index (χ1n) is 4.76. The zero-order valence-electron chi connectivity index (χ0n) is 8.78. The van der Waals surface area contributed by atoms with Gasteiger partial charge in [-0.2, -0.15) is 0 Å². The molecule has 4 heteroatoms. The fraction of sp³-hybridized carbons (Fsp3) is 0.364. The molecule has 0 aliphatic heterocycles. The summed E-state index contributed by atoms with van der Waals surface area (Å²) in [6.07, 6.45) is 2.25. The average Bonchev–Trinajstić information content (AvgIpc) is 2.27. The summed E-state index contributed by atoms with van der Waals surface area (Å²) in [6.45, 7) is 4.06. The first kappa shape index (κ1) is 11.2. The van der Waals surface area contributed by atoms with E-state index in [2.05, 4.69) is 26.5 Å². The molecule has 0 aliphatic carbocycles. The highest BCUT2D eigenvalue weighted by atomic mass is 16.5. The van der Waals surface area contributed by atoms with Gasteiger partial charge in [-0.3, -0.25) is 0 Å². The van der Waals surface area contributed by atoms with E-state index in [0.717, 1.165) is 12.1 Å². The number of aryl methyl sites for hydroxylation is 1. The quantitative estimate of drug-likeness (QED) is 0.531. The monoisotopic (exact) mass is 204 g/mol. The molecule has 0 radical (unpaired) electrons. The zero-order valence-corrected chi connectivity index (χ0v) is 8.78. The summed E-state index contributed by atoms with van der Waals surface area (Å²) >= 11 is 0. The van der Waals surface area contributed by atoms with Gasteiger partial charge in [-0.25, -0.2) is 14.8 Å². The van der Waals surface area contributed by atoms with E-state index in [4.69, 9.17) is 0 Å². The van der Waals surface area contributed by atoms with Crippen LogP contribution < -0.4 is 0 Å². The summed E-state index contributed by atoms with van der Waals surface area (Å²) in [6, 6.07) is 1.76. The number of carbonyl (C=O) groups excluding carboxylic acids is 1. The van der Waals surface area contributed by atoms with Crippen molar-refractivity contribution in [2.24, 2.45) is 0 Å². The molecule has 0 saturated heterocycles. The maximum Gasteiger partial charge on any atom is 0.384 e. The number of carbonyl (C=O) groups is 1. The highest BCUT2D eigenvalue weighted by Crippen LogP contribution is 1.96. The molecule has 0 bridgehead atoms. The lowest BCUT2D eigenvalue weighted by molar-refractivity contribution is -0.136. The maximum absolute atomic E-state index is 10.9. The number of esters is 1. The Bertz CT molecular complexity index is 405. The van der Waals surface area contributed by atoms with Crippen molar-refractivity contribution in [1.29, 1.82) is 0 Å². The minimum Gasteiger partial charge on any atom is -0.456 e. The molecule has 78 valence electrons. The van der Waals surface area contributed by atoms with Crippen molar-refractivity contribution in [3.05, 3.63) is 23.8 Å². The van der Waals surface area contributed by atoms with Crippen molar-refractivity contribution in [2.75, 3.05) is 6.61 Å². The van der Waals surface area contributed by atoms with E-state index >= 15 is 0 Å². The fourth-order valence-corrected chi connectivity index (χ4v) is 0.942. The number of hydrogen-bond donors (Lipinski definition) is 0. The van der Waals surface area contributed by atoms with Crippen LogP contribution in [0.5, 0.6) is 0 Å². The van der Waals surface area contributed by atoms with E-state index in [1.165, 1.54) is 6.33 Å². The van der Waals surface area contributed by atoms with Crippen LogP contribution in [0.25, 0.3) is 0 Å². The normalized spacial score (nSPS) is 8.93. The van der Waals surface area contributed by atoms with Crippen LogP contribution in [-0.2, 0) is 16.0 Å². The van der Waals surface area contributed by atoms with Crippen molar-refractivity contribution >= 4 is 5.97 Å². The molecule has 0 aromatic carbocycles. The molecule has 1 aromatic heterocycles. The third kappa shape index (κ3) is 3.77. The Balaban J connectivity index is 2.75. The van der Waals surface area contributed by atoms with Gasteiger partial charge in [0.15, 0.2) is 0 Å². The molecule has 1 heterocycles. The van der Waals surface area contributed by atoms with Crippen molar-refractivity contribution in [3.63, 3.8) is 0 Å². The van der Waals surface area contributed by atoms with Gasteiger partial charge in [0.2, 0.25) is 0 Å². The van der Waals surface area contributed by atoms with Crippen molar-refractivity contribution < 1.29 is 9.53 Å². The summed E-state index contributed by atoms with van der Waals surface area (Å²) in [7, 11) is 0. The van der Waals surface area contributed by atoms with Gasteiger partial charge in [0.1, 0.15) is 12.0 Å². The Kier molecular flexibility index (Phi) is 4.30. The number of ether oxygens (including phenoxy) is 1. The van der Waals surface area contributed by atoms with Crippen LogP contribution in [0, 0.1) is 11.8 Å². The maximum atomic E-state index is 10.9.